The SMILES string of the molecule is CCSC1=N[C@H](c2ccc(N(C)C)cc2)C(C(=O)Nc2ccccc2)=C(C)N1. The number of amides is 1. The number of aliphatic imine (C=N–C) groups is 1. The molecule has 3 rings (SSSR count). The minimum Gasteiger partial charge on any atom is -0.378 e. The van der Waals surface area contributed by atoms with Crippen LogP contribution in [0.4, 0.5) is 11.4 Å². The first-order valence-electron chi connectivity index (χ1n) is 9.31. The van der Waals surface area contributed by atoms with Gasteiger partial charge in [-0.1, -0.05) is 49.0 Å². The zero-order valence-corrected chi connectivity index (χ0v) is 17.5. The van der Waals surface area contributed by atoms with E-state index < -0.39 is 0 Å². The highest BCUT2D eigenvalue weighted by atomic mass is 32.2. The minimum absolute atomic E-state index is 0.137. The van der Waals surface area contributed by atoms with Crippen LogP contribution in [0, 0.1) is 0 Å². The summed E-state index contributed by atoms with van der Waals surface area (Å²) < 4.78 is 0. The lowest BCUT2D eigenvalue weighted by molar-refractivity contribution is -0.113. The predicted molar refractivity (Wildman–Crippen MR) is 120 cm³/mol. The third-order valence-corrected chi connectivity index (χ3v) is 5.27. The summed E-state index contributed by atoms with van der Waals surface area (Å²) in [6, 6.07) is 17.4. The molecule has 0 bridgehead atoms. The van der Waals surface area contributed by atoms with Crippen molar-refractivity contribution in [2.75, 3.05) is 30.1 Å². The number of amidine groups is 1. The van der Waals surface area contributed by atoms with Gasteiger partial charge in [0, 0.05) is 31.2 Å². The van der Waals surface area contributed by atoms with Gasteiger partial charge >= 0.3 is 0 Å². The van der Waals surface area contributed by atoms with E-state index in [2.05, 4.69) is 34.6 Å². The topological polar surface area (TPSA) is 56.7 Å². The highest BCUT2D eigenvalue weighted by molar-refractivity contribution is 8.13. The highest BCUT2D eigenvalue weighted by Gasteiger charge is 2.29. The standard InChI is InChI=1S/C22H26N4OS/c1-5-28-22-23-15(2)19(21(27)24-17-9-7-6-8-10-17)20(25-22)16-11-13-18(14-12-16)26(3)4/h6-14,20H,5H2,1-4H3,(H,23,25)(H,24,27)/t20-/m1/s1. The number of para-hydroxylation sites is 1. The second-order valence-corrected chi connectivity index (χ2v) is 7.99. The number of anilines is 2. The number of nitrogens with one attached hydrogen (secondary N) is 2. The van der Waals surface area contributed by atoms with Crippen molar-refractivity contribution in [3.63, 3.8) is 0 Å². The minimum atomic E-state index is -0.338. The molecule has 0 radical (unpaired) electrons. The van der Waals surface area contributed by atoms with Crippen LogP contribution in [-0.4, -0.2) is 30.9 Å². The summed E-state index contributed by atoms with van der Waals surface area (Å²) in [7, 11) is 4.02. The number of nitrogens with zero attached hydrogens (tertiary/aromatic N) is 2. The maximum Gasteiger partial charge on any atom is 0.255 e. The molecule has 146 valence electrons. The van der Waals surface area contributed by atoms with Gasteiger partial charge in [-0.25, -0.2) is 4.99 Å². The van der Waals surface area contributed by atoms with Gasteiger partial charge in [-0.3, -0.25) is 4.79 Å². The van der Waals surface area contributed by atoms with E-state index in [4.69, 9.17) is 4.99 Å². The average molecular weight is 395 g/mol. The van der Waals surface area contributed by atoms with Crippen molar-refractivity contribution in [3.05, 3.63) is 71.4 Å². The predicted octanol–water partition coefficient (Wildman–Crippen LogP) is 4.42. The van der Waals surface area contributed by atoms with Crippen LogP contribution in [0.3, 0.4) is 0 Å². The van der Waals surface area contributed by atoms with Crippen LogP contribution < -0.4 is 15.5 Å². The Morgan fingerprint density at radius 1 is 1.14 bits per heavy atom. The van der Waals surface area contributed by atoms with E-state index in [1.807, 2.05) is 63.5 Å². The Bertz CT molecular complexity index is 889. The Morgan fingerprint density at radius 2 is 1.82 bits per heavy atom. The monoisotopic (exact) mass is 394 g/mol. The van der Waals surface area contributed by atoms with Gasteiger partial charge in [-0.15, -0.1) is 0 Å². The number of carbonyl (C=O) groups excluding carboxylic acids is 1. The van der Waals surface area contributed by atoms with Crippen LogP contribution in [0.25, 0.3) is 0 Å². The lowest BCUT2D eigenvalue weighted by Crippen LogP contribution is -2.32. The van der Waals surface area contributed by atoms with Gasteiger partial charge in [-0.05, 0) is 42.5 Å². The van der Waals surface area contributed by atoms with Crippen LogP contribution in [0.2, 0.25) is 0 Å². The molecule has 1 aliphatic rings. The van der Waals surface area contributed by atoms with E-state index in [1.54, 1.807) is 11.8 Å². The maximum atomic E-state index is 13.1. The Balaban J connectivity index is 1.95. The Kier molecular flexibility index (Phi) is 6.41. The van der Waals surface area contributed by atoms with E-state index in [9.17, 15) is 4.79 Å². The molecule has 1 amide bonds. The van der Waals surface area contributed by atoms with Crippen LogP contribution in [0.1, 0.15) is 25.5 Å². The molecule has 1 atom stereocenters. The number of carbonyl (C=O) groups is 1. The molecule has 28 heavy (non-hydrogen) atoms. The first kappa shape index (κ1) is 20.0. The number of hydrogen-bond acceptors (Lipinski definition) is 5. The molecule has 0 fully saturated rings. The molecular formula is C22H26N4OS. The molecule has 2 aromatic rings. The van der Waals surface area contributed by atoms with E-state index in [0.29, 0.717) is 5.57 Å². The second kappa shape index (κ2) is 8.97. The van der Waals surface area contributed by atoms with Gasteiger partial charge in [0.25, 0.3) is 5.91 Å². The van der Waals surface area contributed by atoms with Gasteiger partial charge in [0.15, 0.2) is 5.17 Å². The molecule has 2 N–H and O–H groups in total. The van der Waals surface area contributed by atoms with Crippen LogP contribution in [-0.2, 0) is 4.79 Å². The molecule has 5 nitrogen and oxygen atoms in total. The molecule has 2 aromatic carbocycles. The summed E-state index contributed by atoms with van der Waals surface area (Å²) in [5.41, 5.74) is 4.36. The summed E-state index contributed by atoms with van der Waals surface area (Å²) in [6.45, 7) is 4.03. The van der Waals surface area contributed by atoms with E-state index in [-0.39, 0.29) is 11.9 Å². The lowest BCUT2D eigenvalue weighted by atomic mass is 9.95. The fraction of sp³-hybridized carbons (Fsp3) is 0.273. The van der Waals surface area contributed by atoms with Crippen molar-refractivity contribution < 1.29 is 4.79 Å². The normalized spacial score (nSPS) is 16.3. The number of allylic oxidation sites excluding steroid dienone is 1. The summed E-state index contributed by atoms with van der Waals surface area (Å²) in [5.74, 6) is 0.777. The van der Waals surface area contributed by atoms with Gasteiger partial charge in [0.2, 0.25) is 0 Å². The molecule has 0 aliphatic carbocycles. The van der Waals surface area contributed by atoms with Crippen molar-refractivity contribution >= 4 is 34.2 Å². The van der Waals surface area contributed by atoms with Crippen molar-refractivity contribution in [1.29, 1.82) is 0 Å². The van der Waals surface area contributed by atoms with E-state index in [1.165, 1.54) is 0 Å². The fourth-order valence-electron chi connectivity index (χ4n) is 3.07. The number of thioether (sulfide) groups is 1. The second-order valence-electron chi connectivity index (χ2n) is 6.74. The summed E-state index contributed by atoms with van der Waals surface area (Å²) >= 11 is 1.64. The molecule has 0 saturated carbocycles. The van der Waals surface area contributed by atoms with Crippen molar-refractivity contribution in [2.24, 2.45) is 4.99 Å². The van der Waals surface area contributed by atoms with Gasteiger partial charge < -0.3 is 15.5 Å². The smallest absolute Gasteiger partial charge is 0.255 e. The lowest BCUT2D eigenvalue weighted by Gasteiger charge is -2.26. The van der Waals surface area contributed by atoms with Crippen LogP contribution in [0.5, 0.6) is 0 Å². The van der Waals surface area contributed by atoms with Gasteiger partial charge in [0.1, 0.15) is 6.04 Å². The zero-order chi connectivity index (χ0) is 20.1. The first-order valence-corrected chi connectivity index (χ1v) is 10.3. The van der Waals surface area contributed by atoms with E-state index >= 15 is 0 Å². The average Bonchev–Trinajstić information content (AvgIpc) is 2.68. The van der Waals surface area contributed by atoms with Gasteiger partial charge in [-0.2, -0.15) is 0 Å². The fourth-order valence-corrected chi connectivity index (χ4v) is 3.75. The van der Waals surface area contributed by atoms with Crippen LogP contribution >= 0.6 is 11.8 Å². The largest absolute Gasteiger partial charge is 0.378 e. The van der Waals surface area contributed by atoms with E-state index in [0.717, 1.165) is 33.6 Å². The summed E-state index contributed by atoms with van der Waals surface area (Å²) in [5, 5.41) is 7.13. The van der Waals surface area contributed by atoms with Crippen molar-refractivity contribution in [1.82, 2.24) is 5.32 Å². The Hall–Kier alpha value is -2.73. The molecule has 1 heterocycles. The Labute approximate surface area is 170 Å². The number of benzene rings is 2. The summed E-state index contributed by atoms with van der Waals surface area (Å²) in [6.07, 6.45) is 0. The van der Waals surface area contributed by atoms with Crippen LogP contribution in [0.15, 0.2) is 70.9 Å². The molecule has 1 aliphatic heterocycles. The molecular weight excluding hydrogens is 368 g/mol. The molecule has 0 saturated heterocycles. The zero-order valence-electron chi connectivity index (χ0n) is 16.7. The third-order valence-electron chi connectivity index (χ3n) is 4.50. The van der Waals surface area contributed by atoms with Crippen molar-refractivity contribution in [2.45, 2.75) is 19.9 Å². The first-order chi connectivity index (χ1) is 13.5. The molecule has 0 aromatic heterocycles. The number of rotatable bonds is 5. The molecule has 0 unspecified atom stereocenters. The maximum absolute atomic E-state index is 13.1. The highest BCUT2D eigenvalue weighted by Crippen LogP contribution is 2.33. The molecule has 6 heteroatoms. The third kappa shape index (κ3) is 4.57. The quantitative estimate of drug-likeness (QED) is 0.788. The van der Waals surface area contributed by atoms with Gasteiger partial charge in [0.05, 0.1) is 5.57 Å². The Morgan fingerprint density at radius 3 is 2.43 bits per heavy atom. The molecule has 0 spiro atoms. The summed E-state index contributed by atoms with van der Waals surface area (Å²) in [4.78, 5) is 20.0. The number of hydrogen-bond donors (Lipinski definition) is 2. The van der Waals surface area contributed by atoms with Crippen molar-refractivity contribution in [3.8, 4) is 0 Å².